The standard InChI is InChI=1S/C14H26N4O2/c1-11(2)18-9-12(8-16-18)17-13(20)15-7-5-6-14(3,4)10-19/h8-9,11,19H,5-7,10H2,1-4H3,(H2,15,17,20). The van der Waals surface area contributed by atoms with E-state index in [0.29, 0.717) is 12.2 Å². The second-order valence-corrected chi connectivity index (χ2v) is 6.11. The van der Waals surface area contributed by atoms with E-state index < -0.39 is 0 Å². The van der Waals surface area contributed by atoms with Crippen LogP contribution in [0.2, 0.25) is 0 Å². The lowest BCUT2D eigenvalue weighted by atomic mass is 9.89. The largest absolute Gasteiger partial charge is 0.396 e. The normalized spacial score (nSPS) is 11.7. The Balaban J connectivity index is 2.26. The van der Waals surface area contributed by atoms with Crippen LogP contribution in [0, 0.1) is 5.41 Å². The Kier molecular flexibility index (Phi) is 6.01. The molecule has 0 aliphatic heterocycles. The van der Waals surface area contributed by atoms with Gasteiger partial charge in [-0.15, -0.1) is 0 Å². The molecule has 1 aromatic rings. The zero-order valence-corrected chi connectivity index (χ0v) is 12.8. The van der Waals surface area contributed by atoms with Crippen molar-refractivity contribution in [2.45, 2.75) is 46.6 Å². The molecule has 0 bridgehead atoms. The highest BCUT2D eigenvalue weighted by molar-refractivity contribution is 5.88. The molecule has 3 N–H and O–H groups in total. The first-order valence-corrected chi connectivity index (χ1v) is 7.04. The van der Waals surface area contributed by atoms with Crippen molar-refractivity contribution < 1.29 is 9.90 Å². The van der Waals surface area contributed by atoms with Gasteiger partial charge in [0, 0.05) is 25.4 Å². The first kappa shape index (κ1) is 16.5. The monoisotopic (exact) mass is 282 g/mol. The fraction of sp³-hybridized carbons (Fsp3) is 0.714. The number of rotatable bonds is 7. The number of hydrogen-bond acceptors (Lipinski definition) is 3. The molecule has 114 valence electrons. The Morgan fingerprint density at radius 3 is 2.75 bits per heavy atom. The van der Waals surface area contributed by atoms with Gasteiger partial charge in [-0.3, -0.25) is 4.68 Å². The SMILES string of the molecule is CC(C)n1cc(NC(=O)NCCCC(C)(C)CO)cn1. The van der Waals surface area contributed by atoms with Crippen LogP contribution in [-0.2, 0) is 0 Å². The second-order valence-electron chi connectivity index (χ2n) is 6.11. The summed E-state index contributed by atoms with van der Waals surface area (Å²) in [5.41, 5.74) is 0.600. The van der Waals surface area contributed by atoms with E-state index in [1.54, 1.807) is 17.1 Å². The van der Waals surface area contributed by atoms with E-state index >= 15 is 0 Å². The minimum Gasteiger partial charge on any atom is -0.396 e. The zero-order chi connectivity index (χ0) is 15.2. The van der Waals surface area contributed by atoms with Gasteiger partial charge in [0.1, 0.15) is 0 Å². The van der Waals surface area contributed by atoms with E-state index in [-0.39, 0.29) is 24.1 Å². The van der Waals surface area contributed by atoms with Gasteiger partial charge in [0.15, 0.2) is 0 Å². The Morgan fingerprint density at radius 1 is 1.50 bits per heavy atom. The Morgan fingerprint density at radius 2 is 2.20 bits per heavy atom. The number of urea groups is 1. The lowest BCUT2D eigenvalue weighted by Gasteiger charge is -2.21. The molecule has 0 aromatic carbocycles. The van der Waals surface area contributed by atoms with Gasteiger partial charge in [0.05, 0.1) is 11.9 Å². The summed E-state index contributed by atoms with van der Waals surface area (Å²) in [5.74, 6) is 0. The van der Waals surface area contributed by atoms with E-state index in [4.69, 9.17) is 5.11 Å². The van der Waals surface area contributed by atoms with Crippen LogP contribution in [0.15, 0.2) is 12.4 Å². The van der Waals surface area contributed by atoms with Crippen LogP contribution in [0.4, 0.5) is 10.5 Å². The number of nitrogens with one attached hydrogen (secondary N) is 2. The van der Waals surface area contributed by atoms with Crippen LogP contribution in [0.1, 0.15) is 46.6 Å². The van der Waals surface area contributed by atoms with Crippen molar-refractivity contribution >= 4 is 11.7 Å². The molecule has 6 nitrogen and oxygen atoms in total. The van der Waals surface area contributed by atoms with Crippen molar-refractivity contribution in [2.75, 3.05) is 18.5 Å². The molecular weight excluding hydrogens is 256 g/mol. The first-order chi connectivity index (χ1) is 9.34. The maximum absolute atomic E-state index is 11.7. The number of amides is 2. The molecule has 0 aliphatic carbocycles. The molecule has 1 rings (SSSR count). The fourth-order valence-electron chi connectivity index (χ4n) is 1.71. The fourth-order valence-corrected chi connectivity index (χ4v) is 1.71. The number of aliphatic hydroxyl groups excluding tert-OH is 1. The number of anilines is 1. The number of carbonyl (C=O) groups is 1. The molecule has 0 aliphatic rings. The summed E-state index contributed by atoms with van der Waals surface area (Å²) >= 11 is 0. The highest BCUT2D eigenvalue weighted by atomic mass is 16.3. The summed E-state index contributed by atoms with van der Waals surface area (Å²) < 4.78 is 1.79. The van der Waals surface area contributed by atoms with Crippen molar-refractivity contribution in [1.82, 2.24) is 15.1 Å². The van der Waals surface area contributed by atoms with Crippen LogP contribution in [0.5, 0.6) is 0 Å². The molecule has 2 amide bonds. The summed E-state index contributed by atoms with van der Waals surface area (Å²) in [5, 5.41) is 18.8. The Bertz CT molecular complexity index is 427. The number of hydrogen-bond donors (Lipinski definition) is 3. The van der Waals surface area contributed by atoms with Crippen LogP contribution in [-0.4, -0.2) is 34.1 Å². The van der Waals surface area contributed by atoms with Crippen molar-refractivity contribution in [3.63, 3.8) is 0 Å². The molecule has 0 saturated carbocycles. The number of carbonyl (C=O) groups excluding carboxylic acids is 1. The molecule has 0 unspecified atom stereocenters. The van der Waals surface area contributed by atoms with Gasteiger partial charge in [-0.1, -0.05) is 13.8 Å². The van der Waals surface area contributed by atoms with Crippen LogP contribution in [0.3, 0.4) is 0 Å². The van der Waals surface area contributed by atoms with Gasteiger partial charge in [-0.05, 0) is 32.1 Å². The minimum absolute atomic E-state index is 0.0867. The van der Waals surface area contributed by atoms with E-state index in [1.165, 1.54) is 0 Å². The van der Waals surface area contributed by atoms with Gasteiger partial charge >= 0.3 is 6.03 Å². The average Bonchev–Trinajstić information content (AvgIpc) is 2.83. The first-order valence-electron chi connectivity index (χ1n) is 7.04. The molecule has 1 heterocycles. The molecule has 0 spiro atoms. The Hall–Kier alpha value is -1.56. The highest BCUT2D eigenvalue weighted by Crippen LogP contribution is 2.20. The van der Waals surface area contributed by atoms with Crippen molar-refractivity contribution in [2.24, 2.45) is 5.41 Å². The third-order valence-corrected chi connectivity index (χ3v) is 3.13. The van der Waals surface area contributed by atoms with Crippen molar-refractivity contribution in [1.29, 1.82) is 0 Å². The van der Waals surface area contributed by atoms with E-state index in [2.05, 4.69) is 15.7 Å². The topological polar surface area (TPSA) is 79.2 Å². The average molecular weight is 282 g/mol. The maximum atomic E-state index is 11.7. The van der Waals surface area contributed by atoms with Gasteiger partial charge in [0.2, 0.25) is 0 Å². The molecule has 1 aromatic heterocycles. The lowest BCUT2D eigenvalue weighted by Crippen LogP contribution is -2.30. The molecule has 0 fully saturated rings. The number of nitrogens with zero attached hydrogens (tertiary/aromatic N) is 2. The molecule has 20 heavy (non-hydrogen) atoms. The summed E-state index contributed by atoms with van der Waals surface area (Å²) in [6.07, 6.45) is 5.15. The third kappa shape index (κ3) is 5.61. The maximum Gasteiger partial charge on any atom is 0.319 e. The van der Waals surface area contributed by atoms with Crippen LogP contribution in [0.25, 0.3) is 0 Å². The molecule has 0 atom stereocenters. The molecular formula is C14H26N4O2. The van der Waals surface area contributed by atoms with E-state index in [1.807, 2.05) is 27.7 Å². The quantitative estimate of drug-likeness (QED) is 0.672. The summed E-state index contributed by atoms with van der Waals surface area (Å²) in [7, 11) is 0. The summed E-state index contributed by atoms with van der Waals surface area (Å²) in [6, 6.07) is 0.0458. The van der Waals surface area contributed by atoms with Crippen molar-refractivity contribution in [3.05, 3.63) is 12.4 Å². The number of aromatic nitrogens is 2. The smallest absolute Gasteiger partial charge is 0.319 e. The van der Waals surface area contributed by atoms with Gasteiger partial charge in [-0.25, -0.2) is 4.79 Å². The Labute approximate surface area is 120 Å². The molecule has 6 heteroatoms. The van der Waals surface area contributed by atoms with Crippen LogP contribution >= 0.6 is 0 Å². The molecule has 0 radical (unpaired) electrons. The number of aliphatic hydroxyl groups is 1. The van der Waals surface area contributed by atoms with Gasteiger partial charge < -0.3 is 15.7 Å². The predicted molar refractivity (Wildman–Crippen MR) is 79.7 cm³/mol. The third-order valence-electron chi connectivity index (χ3n) is 3.13. The molecule has 0 saturated heterocycles. The minimum atomic E-state index is -0.227. The lowest BCUT2D eigenvalue weighted by molar-refractivity contribution is 0.148. The predicted octanol–water partition coefficient (Wildman–Crippen LogP) is 2.38. The summed E-state index contributed by atoms with van der Waals surface area (Å²) in [4.78, 5) is 11.7. The highest BCUT2D eigenvalue weighted by Gasteiger charge is 2.15. The van der Waals surface area contributed by atoms with E-state index in [0.717, 1.165) is 12.8 Å². The second kappa shape index (κ2) is 7.28. The van der Waals surface area contributed by atoms with Gasteiger partial charge in [-0.2, -0.15) is 5.10 Å². The van der Waals surface area contributed by atoms with Crippen LogP contribution < -0.4 is 10.6 Å². The summed E-state index contributed by atoms with van der Waals surface area (Å²) in [6.45, 7) is 8.82. The zero-order valence-electron chi connectivity index (χ0n) is 12.8. The van der Waals surface area contributed by atoms with E-state index in [9.17, 15) is 4.79 Å². The van der Waals surface area contributed by atoms with Gasteiger partial charge in [0.25, 0.3) is 0 Å². The van der Waals surface area contributed by atoms with Crippen molar-refractivity contribution in [3.8, 4) is 0 Å².